The van der Waals surface area contributed by atoms with E-state index in [2.05, 4.69) is 10.3 Å². The molecule has 192 valence electrons. The Morgan fingerprint density at radius 2 is 2.22 bits per heavy atom. The summed E-state index contributed by atoms with van der Waals surface area (Å²) in [5.74, 6) is -0.345. The van der Waals surface area contributed by atoms with Crippen LogP contribution in [-0.4, -0.2) is 62.1 Å². The Kier molecular flexibility index (Phi) is 8.68. The normalized spacial score (nSPS) is 18.2. The van der Waals surface area contributed by atoms with Crippen LogP contribution in [0.2, 0.25) is 0 Å². The minimum Gasteiger partial charge on any atom is -0.492 e. The number of nitrogens with two attached hydrogens (primary N) is 1. The summed E-state index contributed by atoms with van der Waals surface area (Å²) in [6.07, 6.45) is 4.49. The fraction of sp³-hybridized carbons (Fsp3) is 0.400. The minimum atomic E-state index is -0.555. The number of benzene rings is 1. The Balaban J connectivity index is 1.46. The summed E-state index contributed by atoms with van der Waals surface area (Å²) in [6.45, 7) is 2.91. The highest BCUT2D eigenvalue weighted by Crippen LogP contribution is 2.34. The van der Waals surface area contributed by atoms with E-state index in [-0.39, 0.29) is 22.4 Å². The van der Waals surface area contributed by atoms with Crippen molar-refractivity contribution in [3.8, 4) is 11.5 Å². The Bertz CT molecular complexity index is 1140. The molecule has 0 spiro atoms. The molecular formula is C25H29FN4O5S. The van der Waals surface area contributed by atoms with Gasteiger partial charge < -0.3 is 34.9 Å². The van der Waals surface area contributed by atoms with E-state index >= 15 is 0 Å². The number of aromatic nitrogens is 1. The number of para-hydroxylation sites is 1. The summed E-state index contributed by atoms with van der Waals surface area (Å²) in [7, 11) is 1.36. The molecular weight excluding hydrogens is 487 g/mol. The van der Waals surface area contributed by atoms with E-state index in [0.717, 1.165) is 5.56 Å². The van der Waals surface area contributed by atoms with Crippen molar-refractivity contribution in [2.75, 3.05) is 45.0 Å². The van der Waals surface area contributed by atoms with E-state index in [1.54, 1.807) is 18.5 Å². The van der Waals surface area contributed by atoms with Crippen molar-refractivity contribution in [1.29, 1.82) is 0 Å². The Labute approximate surface area is 214 Å². The van der Waals surface area contributed by atoms with Gasteiger partial charge >= 0.3 is 0 Å². The SMILES string of the molecule is COc1c(F)cccc1N1CCC(NCc2ccncc2OCCC2COCCO2)=C(C(N)=S)C1=O. The number of hydrogen-bond donors (Lipinski definition) is 2. The third kappa shape index (κ3) is 5.92. The maximum atomic E-state index is 14.2. The maximum Gasteiger partial charge on any atom is 0.263 e. The number of halogens is 1. The molecule has 36 heavy (non-hydrogen) atoms. The summed E-state index contributed by atoms with van der Waals surface area (Å²) in [4.78, 5) is 18.9. The van der Waals surface area contributed by atoms with Crippen LogP contribution in [0.3, 0.4) is 0 Å². The van der Waals surface area contributed by atoms with Crippen LogP contribution in [0.1, 0.15) is 18.4 Å². The van der Waals surface area contributed by atoms with Gasteiger partial charge in [0.25, 0.3) is 5.91 Å². The largest absolute Gasteiger partial charge is 0.492 e. The summed E-state index contributed by atoms with van der Waals surface area (Å²) in [6, 6.07) is 6.27. The summed E-state index contributed by atoms with van der Waals surface area (Å²) < 4.78 is 36.5. The number of rotatable bonds is 10. The summed E-state index contributed by atoms with van der Waals surface area (Å²) >= 11 is 5.21. The number of pyridine rings is 1. The Morgan fingerprint density at radius 3 is 2.97 bits per heavy atom. The van der Waals surface area contributed by atoms with Gasteiger partial charge in [0.15, 0.2) is 11.6 Å². The second-order valence-corrected chi connectivity index (χ2v) is 8.70. The number of methoxy groups -OCH3 is 1. The molecule has 3 heterocycles. The fourth-order valence-electron chi connectivity index (χ4n) is 4.18. The first-order valence-corrected chi connectivity index (χ1v) is 12.1. The third-order valence-electron chi connectivity index (χ3n) is 5.98. The predicted octanol–water partition coefficient (Wildman–Crippen LogP) is 2.48. The number of hydrogen-bond acceptors (Lipinski definition) is 8. The first kappa shape index (κ1) is 25.8. The number of anilines is 1. The fourth-order valence-corrected chi connectivity index (χ4v) is 4.39. The van der Waals surface area contributed by atoms with Crippen LogP contribution in [0.4, 0.5) is 10.1 Å². The molecule has 3 N–H and O–H groups in total. The zero-order valence-electron chi connectivity index (χ0n) is 20.0. The molecule has 2 aliphatic rings. The number of thiocarbonyl (C=S) groups is 1. The molecule has 2 aliphatic heterocycles. The zero-order chi connectivity index (χ0) is 25.5. The van der Waals surface area contributed by atoms with Gasteiger partial charge in [-0.25, -0.2) is 4.39 Å². The number of nitrogens with one attached hydrogen (secondary N) is 1. The van der Waals surface area contributed by atoms with Crippen molar-refractivity contribution in [2.45, 2.75) is 25.5 Å². The van der Waals surface area contributed by atoms with Crippen LogP contribution >= 0.6 is 12.2 Å². The molecule has 2 aromatic rings. The Hall–Kier alpha value is -3.28. The molecule has 1 amide bonds. The maximum absolute atomic E-state index is 14.2. The topological polar surface area (TPSA) is 108 Å². The van der Waals surface area contributed by atoms with Crippen LogP contribution in [0.25, 0.3) is 0 Å². The van der Waals surface area contributed by atoms with Crippen molar-refractivity contribution < 1.29 is 28.1 Å². The molecule has 4 rings (SSSR count). The average Bonchev–Trinajstić information content (AvgIpc) is 2.88. The number of carbonyl (C=O) groups excluding carboxylic acids is 1. The summed E-state index contributed by atoms with van der Waals surface area (Å²) in [5, 5.41) is 3.30. The van der Waals surface area contributed by atoms with Crippen LogP contribution in [0.15, 0.2) is 47.9 Å². The van der Waals surface area contributed by atoms with Crippen LogP contribution in [-0.2, 0) is 20.8 Å². The highest BCUT2D eigenvalue weighted by atomic mass is 32.1. The molecule has 9 nitrogen and oxygen atoms in total. The van der Waals surface area contributed by atoms with E-state index in [1.165, 1.54) is 24.1 Å². The molecule has 1 fully saturated rings. The Morgan fingerprint density at radius 1 is 1.36 bits per heavy atom. The van der Waals surface area contributed by atoms with E-state index in [9.17, 15) is 9.18 Å². The number of carbonyl (C=O) groups is 1. The van der Waals surface area contributed by atoms with Crippen molar-refractivity contribution in [3.05, 3.63) is 59.3 Å². The standard InChI is InChI=1S/C25H29FN4O5S/c1-32-23-18(26)3-2-4-20(23)30-9-6-19(22(24(27)36)25(30)31)29-13-16-5-8-28-14-21(16)35-10-7-17-15-33-11-12-34-17/h2-5,8,14,17,29H,6-7,9-13,15H2,1H3,(H2,27,36). The van der Waals surface area contributed by atoms with E-state index < -0.39 is 11.7 Å². The highest BCUT2D eigenvalue weighted by molar-refractivity contribution is 7.80. The number of nitrogens with zero attached hydrogens (tertiary/aromatic N) is 2. The lowest BCUT2D eigenvalue weighted by molar-refractivity contribution is -0.115. The van der Waals surface area contributed by atoms with E-state index in [1.807, 2.05) is 6.07 Å². The highest BCUT2D eigenvalue weighted by Gasteiger charge is 2.32. The van der Waals surface area contributed by atoms with Gasteiger partial charge in [0.05, 0.1) is 57.1 Å². The molecule has 0 aliphatic carbocycles. The van der Waals surface area contributed by atoms with Crippen LogP contribution in [0.5, 0.6) is 11.5 Å². The van der Waals surface area contributed by atoms with Gasteiger partial charge in [-0.3, -0.25) is 9.78 Å². The second-order valence-electron chi connectivity index (χ2n) is 8.26. The molecule has 1 atom stereocenters. The zero-order valence-corrected chi connectivity index (χ0v) is 20.8. The summed E-state index contributed by atoms with van der Waals surface area (Å²) in [5.41, 5.74) is 7.95. The minimum absolute atomic E-state index is 0.00619. The molecule has 0 bridgehead atoms. The first-order valence-electron chi connectivity index (χ1n) is 11.7. The third-order valence-corrected chi connectivity index (χ3v) is 6.18. The molecule has 0 saturated carbocycles. The van der Waals surface area contributed by atoms with Gasteiger partial charge in [0, 0.05) is 43.4 Å². The quantitative estimate of drug-likeness (QED) is 0.461. The van der Waals surface area contributed by atoms with Crippen molar-refractivity contribution in [3.63, 3.8) is 0 Å². The second kappa shape index (κ2) is 12.1. The molecule has 1 unspecified atom stereocenters. The van der Waals surface area contributed by atoms with E-state index in [0.29, 0.717) is 69.5 Å². The molecule has 1 aromatic carbocycles. The molecule has 11 heteroatoms. The van der Waals surface area contributed by atoms with Crippen molar-refractivity contribution in [2.24, 2.45) is 5.73 Å². The van der Waals surface area contributed by atoms with Gasteiger partial charge in [-0.2, -0.15) is 0 Å². The van der Waals surface area contributed by atoms with Gasteiger partial charge in [-0.05, 0) is 18.2 Å². The van der Waals surface area contributed by atoms with E-state index in [4.69, 9.17) is 36.9 Å². The lowest BCUT2D eigenvalue weighted by atomic mass is 10.0. The van der Waals surface area contributed by atoms with Gasteiger partial charge in [0.2, 0.25) is 0 Å². The number of amides is 1. The molecule has 1 aromatic heterocycles. The lowest BCUT2D eigenvalue weighted by Gasteiger charge is -2.31. The monoisotopic (exact) mass is 516 g/mol. The number of ether oxygens (including phenoxy) is 4. The van der Waals surface area contributed by atoms with Crippen LogP contribution in [0, 0.1) is 5.82 Å². The smallest absolute Gasteiger partial charge is 0.263 e. The molecule has 0 radical (unpaired) electrons. The molecule has 1 saturated heterocycles. The van der Waals surface area contributed by atoms with Gasteiger partial charge in [-0.1, -0.05) is 18.3 Å². The average molecular weight is 517 g/mol. The van der Waals surface area contributed by atoms with Gasteiger partial charge in [0.1, 0.15) is 10.7 Å². The lowest BCUT2D eigenvalue weighted by Crippen LogP contribution is -2.43. The van der Waals surface area contributed by atoms with Crippen molar-refractivity contribution in [1.82, 2.24) is 10.3 Å². The van der Waals surface area contributed by atoms with Crippen molar-refractivity contribution >= 4 is 28.8 Å². The van der Waals surface area contributed by atoms with Gasteiger partial charge in [-0.15, -0.1) is 0 Å². The van der Waals surface area contributed by atoms with Crippen LogP contribution < -0.4 is 25.4 Å². The first-order chi connectivity index (χ1) is 17.5. The predicted molar refractivity (Wildman–Crippen MR) is 135 cm³/mol.